The van der Waals surface area contributed by atoms with E-state index in [1.165, 1.54) is 71.1 Å². The van der Waals surface area contributed by atoms with Gasteiger partial charge in [-0.25, -0.2) is 0 Å². The van der Waals surface area contributed by atoms with Crippen LogP contribution in [0.1, 0.15) is 115 Å². The predicted molar refractivity (Wildman–Crippen MR) is 125 cm³/mol. The molecule has 2 atom stereocenters. The lowest BCUT2D eigenvalue weighted by molar-refractivity contribution is -0.120. The van der Waals surface area contributed by atoms with Crippen LogP contribution in [0.5, 0.6) is 11.5 Å². The normalized spacial score (nSPS) is 20.2. The number of aromatic hydroxyl groups is 1. The number of benzene rings is 1. The summed E-state index contributed by atoms with van der Waals surface area (Å²) in [6.07, 6.45) is 16.6. The number of aliphatic hydroxyl groups is 1. The van der Waals surface area contributed by atoms with E-state index >= 15 is 0 Å². The Hall–Kier alpha value is -1.75. The molecule has 2 rings (SSSR count). The van der Waals surface area contributed by atoms with Crippen LogP contribution in [-0.4, -0.2) is 28.3 Å². The fraction of sp³-hybridized carbons (Fsp3) is 0.731. The molecule has 0 aromatic heterocycles. The number of hydrogen-bond acceptors (Lipinski definition) is 4. The fourth-order valence-corrected chi connectivity index (χ4v) is 4.66. The van der Waals surface area contributed by atoms with Crippen LogP contribution < -0.4 is 10.1 Å². The maximum atomic E-state index is 11.7. The third kappa shape index (κ3) is 9.51. The summed E-state index contributed by atoms with van der Waals surface area (Å²) in [6.45, 7) is 4.00. The zero-order chi connectivity index (χ0) is 22.5. The van der Waals surface area contributed by atoms with Gasteiger partial charge < -0.3 is 20.3 Å². The first-order valence-corrected chi connectivity index (χ1v) is 12.3. The molecule has 1 aliphatic rings. The smallest absolute Gasteiger partial charge is 0.217 e. The van der Waals surface area contributed by atoms with Crippen LogP contribution in [0.25, 0.3) is 0 Å². The Morgan fingerprint density at radius 1 is 1.00 bits per heavy atom. The van der Waals surface area contributed by atoms with Gasteiger partial charge in [0.05, 0.1) is 6.04 Å². The Morgan fingerprint density at radius 3 is 2.10 bits per heavy atom. The van der Waals surface area contributed by atoms with Crippen molar-refractivity contribution in [2.24, 2.45) is 0 Å². The minimum absolute atomic E-state index is 0.0614. The Morgan fingerprint density at radius 2 is 1.55 bits per heavy atom. The number of fused-ring (bicyclic) bond motifs is 1. The lowest BCUT2D eigenvalue weighted by atomic mass is 9.84. The average molecular weight is 434 g/mol. The largest absolute Gasteiger partial charge is 0.508 e. The van der Waals surface area contributed by atoms with Crippen LogP contribution >= 0.6 is 0 Å². The van der Waals surface area contributed by atoms with Gasteiger partial charge in [0.25, 0.3) is 0 Å². The second-order valence-electron chi connectivity index (χ2n) is 9.45. The van der Waals surface area contributed by atoms with Gasteiger partial charge in [0.2, 0.25) is 5.91 Å². The van der Waals surface area contributed by atoms with Gasteiger partial charge in [-0.15, -0.1) is 0 Å². The molecule has 1 heterocycles. The molecule has 0 bridgehead atoms. The van der Waals surface area contributed by atoms with Gasteiger partial charge in [0.1, 0.15) is 17.1 Å². The number of ether oxygens (including phenoxy) is 1. The Bertz CT molecular complexity index is 663. The highest BCUT2D eigenvalue weighted by molar-refractivity contribution is 5.73. The maximum Gasteiger partial charge on any atom is 0.217 e. The van der Waals surface area contributed by atoms with Crippen molar-refractivity contribution >= 4 is 5.91 Å². The van der Waals surface area contributed by atoms with Crippen molar-refractivity contribution < 1.29 is 19.7 Å². The molecule has 5 heteroatoms. The van der Waals surface area contributed by atoms with Gasteiger partial charge in [0.15, 0.2) is 0 Å². The van der Waals surface area contributed by atoms with E-state index in [9.17, 15) is 9.90 Å². The van der Waals surface area contributed by atoms with Gasteiger partial charge in [0, 0.05) is 25.5 Å². The number of carbonyl (C=O) groups excluding carboxylic acids is 1. The number of nitrogens with one attached hydrogen (secondary N) is 1. The third-order valence-electron chi connectivity index (χ3n) is 6.35. The number of unbranched alkanes of at least 4 members (excludes halogenated alkanes) is 11. The van der Waals surface area contributed by atoms with Crippen LogP contribution in [0.4, 0.5) is 0 Å². The first kappa shape index (κ1) is 25.5. The summed E-state index contributed by atoms with van der Waals surface area (Å²) in [6, 6.07) is 5.03. The highest BCUT2D eigenvalue weighted by Crippen LogP contribution is 2.43. The summed E-state index contributed by atoms with van der Waals surface area (Å²) >= 11 is 0. The van der Waals surface area contributed by atoms with Crippen molar-refractivity contribution in [3.05, 3.63) is 23.8 Å². The van der Waals surface area contributed by atoms with Crippen LogP contribution in [0, 0.1) is 0 Å². The van der Waals surface area contributed by atoms with Gasteiger partial charge in [-0.05, 0) is 44.4 Å². The first-order chi connectivity index (χ1) is 14.9. The lowest BCUT2D eigenvalue weighted by Crippen LogP contribution is -2.42. The summed E-state index contributed by atoms with van der Waals surface area (Å²) in [7, 11) is 0. The minimum Gasteiger partial charge on any atom is -0.508 e. The molecule has 0 saturated heterocycles. The van der Waals surface area contributed by atoms with Gasteiger partial charge in [-0.2, -0.15) is 0 Å². The summed E-state index contributed by atoms with van der Waals surface area (Å²) in [5, 5.41) is 21.6. The molecule has 1 aromatic carbocycles. The Labute approximate surface area is 188 Å². The van der Waals surface area contributed by atoms with Crippen LogP contribution in [-0.2, 0) is 4.79 Å². The van der Waals surface area contributed by atoms with E-state index < -0.39 is 0 Å². The van der Waals surface area contributed by atoms with E-state index in [-0.39, 0.29) is 23.3 Å². The van der Waals surface area contributed by atoms with E-state index in [1.54, 1.807) is 12.1 Å². The Kier molecular flexibility index (Phi) is 11.2. The fourth-order valence-electron chi connectivity index (χ4n) is 4.66. The highest BCUT2D eigenvalue weighted by Gasteiger charge is 2.37. The first-order valence-electron chi connectivity index (χ1n) is 12.3. The zero-order valence-corrected chi connectivity index (χ0v) is 19.6. The molecular formula is C26H43NO4. The number of rotatable bonds is 15. The van der Waals surface area contributed by atoms with Gasteiger partial charge in [-0.3, -0.25) is 4.79 Å². The van der Waals surface area contributed by atoms with Crippen molar-refractivity contribution in [3.8, 4) is 11.5 Å². The molecule has 176 valence electrons. The van der Waals surface area contributed by atoms with E-state index in [0.717, 1.165) is 37.0 Å². The van der Waals surface area contributed by atoms with E-state index in [1.807, 2.05) is 6.07 Å². The van der Waals surface area contributed by atoms with E-state index in [0.29, 0.717) is 6.61 Å². The molecule has 0 aliphatic carbocycles. The second kappa shape index (κ2) is 13.6. The monoisotopic (exact) mass is 433 g/mol. The van der Waals surface area contributed by atoms with Crippen molar-refractivity contribution in [3.63, 3.8) is 0 Å². The molecule has 0 fully saturated rings. The van der Waals surface area contributed by atoms with Crippen LogP contribution in [0.15, 0.2) is 18.2 Å². The predicted octanol–water partition coefficient (Wildman–Crippen LogP) is 6.17. The van der Waals surface area contributed by atoms with Gasteiger partial charge in [-0.1, -0.05) is 64.2 Å². The third-order valence-corrected chi connectivity index (χ3v) is 6.35. The summed E-state index contributed by atoms with van der Waals surface area (Å²) in [5.41, 5.74) is 0.564. The zero-order valence-electron chi connectivity index (χ0n) is 19.6. The SMILES string of the molecule is CC(=O)NC1CC(C)(CCCCCCCCCCCCCCO)Oc2ccc(O)cc21. The summed E-state index contributed by atoms with van der Waals surface area (Å²) in [5.74, 6) is 0.901. The molecule has 5 nitrogen and oxygen atoms in total. The molecule has 2 unspecified atom stereocenters. The summed E-state index contributed by atoms with van der Waals surface area (Å²) < 4.78 is 6.32. The van der Waals surface area contributed by atoms with Gasteiger partial charge >= 0.3 is 0 Å². The number of phenolic OH excluding ortho intramolecular Hbond substituents is 1. The summed E-state index contributed by atoms with van der Waals surface area (Å²) in [4.78, 5) is 11.7. The average Bonchev–Trinajstić information content (AvgIpc) is 2.71. The van der Waals surface area contributed by atoms with Crippen molar-refractivity contribution in [1.29, 1.82) is 0 Å². The van der Waals surface area contributed by atoms with Crippen LogP contribution in [0.3, 0.4) is 0 Å². The Balaban J connectivity index is 1.63. The van der Waals surface area contributed by atoms with E-state index in [4.69, 9.17) is 9.84 Å². The molecule has 3 N–H and O–H groups in total. The molecule has 31 heavy (non-hydrogen) atoms. The number of phenols is 1. The topological polar surface area (TPSA) is 78.8 Å². The molecule has 0 spiro atoms. The second-order valence-corrected chi connectivity index (χ2v) is 9.45. The standard InChI is InChI=1S/C26H43NO4/c1-21(29)27-24-20-26(2,31-25-16-15-22(30)19-23(24)25)17-13-11-9-7-5-3-4-6-8-10-12-14-18-28/h15-16,19,24,28,30H,3-14,17-18,20H2,1-2H3,(H,27,29). The number of amides is 1. The molecular weight excluding hydrogens is 390 g/mol. The van der Waals surface area contributed by atoms with Crippen LogP contribution in [0.2, 0.25) is 0 Å². The maximum absolute atomic E-state index is 11.7. The number of carbonyl (C=O) groups is 1. The van der Waals surface area contributed by atoms with E-state index in [2.05, 4.69) is 12.2 Å². The lowest BCUT2D eigenvalue weighted by Gasteiger charge is -2.40. The number of hydrogen-bond donors (Lipinski definition) is 3. The van der Waals surface area contributed by atoms with Crippen molar-refractivity contribution in [2.75, 3.05) is 6.61 Å². The quantitative estimate of drug-likeness (QED) is 0.289. The molecule has 1 aliphatic heterocycles. The minimum atomic E-state index is -0.298. The molecule has 0 radical (unpaired) electrons. The number of aliphatic hydroxyl groups excluding tert-OH is 1. The molecule has 1 aromatic rings. The van der Waals surface area contributed by atoms with Crippen molar-refractivity contribution in [2.45, 2.75) is 115 Å². The van der Waals surface area contributed by atoms with Crippen molar-refractivity contribution in [1.82, 2.24) is 5.32 Å². The molecule has 1 amide bonds. The highest BCUT2D eigenvalue weighted by atomic mass is 16.5. The molecule has 0 saturated carbocycles.